The Labute approximate surface area is 189 Å². The van der Waals surface area contributed by atoms with E-state index in [2.05, 4.69) is 72.8 Å². The fourth-order valence-corrected chi connectivity index (χ4v) is 5.11. The maximum atomic E-state index is 13.3. The van der Waals surface area contributed by atoms with Crippen molar-refractivity contribution in [3.8, 4) is 11.1 Å². The van der Waals surface area contributed by atoms with Gasteiger partial charge in [0.15, 0.2) is 5.65 Å². The Balaban J connectivity index is 1.59. The largest absolute Gasteiger partial charge is 0.334 e. The van der Waals surface area contributed by atoms with E-state index in [0.29, 0.717) is 5.65 Å². The predicted molar refractivity (Wildman–Crippen MR) is 136 cm³/mol. The summed E-state index contributed by atoms with van der Waals surface area (Å²) in [5, 5.41) is 5.84. The van der Waals surface area contributed by atoms with Crippen LogP contribution >= 0.6 is 0 Å². The van der Waals surface area contributed by atoms with E-state index in [9.17, 15) is 4.79 Å². The smallest absolute Gasteiger partial charge is 0.296 e. The Kier molecular flexibility index (Phi) is 3.59. The zero-order valence-corrected chi connectivity index (χ0v) is 18.0. The van der Waals surface area contributed by atoms with Crippen LogP contribution in [-0.4, -0.2) is 14.0 Å². The van der Waals surface area contributed by atoms with Crippen LogP contribution in [0, 0.1) is 0 Å². The topological polar surface area (TPSA) is 39.3 Å². The van der Waals surface area contributed by atoms with Crippen LogP contribution in [0.2, 0.25) is 0 Å². The van der Waals surface area contributed by atoms with E-state index in [4.69, 9.17) is 4.98 Å². The molecule has 5 aromatic carbocycles. The first kappa shape index (κ1) is 18.2. The molecule has 0 aliphatic heterocycles. The third kappa shape index (κ3) is 2.46. The van der Waals surface area contributed by atoms with Crippen molar-refractivity contribution in [2.45, 2.75) is 0 Å². The second-order valence-electron chi connectivity index (χ2n) is 8.52. The minimum Gasteiger partial charge on any atom is -0.296 e. The maximum absolute atomic E-state index is 13.3. The molecule has 4 heteroatoms. The number of rotatable bonds is 1. The first-order chi connectivity index (χ1) is 16.2. The van der Waals surface area contributed by atoms with E-state index >= 15 is 0 Å². The lowest BCUT2D eigenvalue weighted by atomic mass is 9.93. The van der Waals surface area contributed by atoms with Gasteiger partial charge in [0.2, 0.25) is 0 Å². The van der Waals surface area contributed by atoms with Gasteiger partial charge in [0.05, 0.1) is 16.6 Å². The summed E-state index contributed by atoms with van der Waals surface area (Å²) in [6.07, 6.45) is 0. The van der Waals surface area contributed by atoms with Gasteiger partial charge in [-0.2, -0.15) is 0 Å². The highest BCUT2D eigenvalue weighted by Gasteiger charge is 2.15. The molecule has 33 heavy (non-hydrogen) atoms. The fourth-order valence-electron chi connectivity index (χ4n) is 5.11. The molecule has 156 valence electrons. The number of hydrogen-bond donors (Lipinski definition) is 0. The molecule has 0 radical (unpaired) electrons. The molecule has 7 aromatic rings. The Morgan fingerprint density at radius 2 is 1.39 bits per heavy atom. The summed E-state index contributed by atoms with van der Waals surface area (Å²) >= 11 is 0. The number of nitrogens with zero attached hydrogens (tertiary/aromatic N) is 3. The fraction of sp³-hybridized carbons (Fsp3) is 0.0345. The van der Waals surface area contributed by atoms with Crippen molar-refractivity contribution >= 4 is 49.1 Å². The lowest BCUT2D eigenvalue weighted by molar-refractivity contribution is 0.836. The van der Waals surface area contributed by atoms with Crippen LogP contribution in [0.15, 0.2) is 102 Å². The van der Waals surface area contributed by atoms with Gasteiger partial charge in [0, 0.05) is 12.4 Å². The van der Waals surface area contributed by atoms with Crippen LogP contribution < -0.4 is 5.69 Å². The maximum Gasteiger partial charge on any atom is 0.334 e. The Morgan fingerprint density at radius 1 is 0.667 bits per heavy atom. The van der Waals surface area contributed by atoms with Gasteiger partial charge in [-0.25, -0.2) is 14.2 Å². The normalized spacial score (nSPS) is 11.9. The van der Waals surface area contributed by atoms with Crippen LogP contribution in [0.3, 0.4) is 0 Å². The van der Waals surface area contributed by atoms with Crippen molar-refractivity contribution in [3.05, 3.63) is 108 Å². The molecule has 2 heterocycles. The molecular formula is C29H19N3O. The average molecular weight is 425 g/mol. The molecule has 4 nitrogen and oxygen atoms in total. The summed E-state index contributed by atoms with van der Waals surface area (Å²) < 4.78 is 3.44. The van der Waals surface area contributed by atoms with E-state index in [1.165, 1.54) is 21.5 Å². The van der Waals surface area contributed by atoms with Gasteiger partial charge in [-0.15, -0.1) is 0 Å². The molecule has 0 saturated carbocycles. The van der Waals surface area contributed by atoms with Crippen LogP contribution in [0.25, 0.3) is 60.3 Å². The van der Waals surface area contributed by atoms with E-state index in [-0.39, 0.29) is 5.69 Å². The van der Waals surface area contributed by atoms with Crippen LogP contribution in [0.5, 0.6) is 0 Å². The van der Waals surface area contributed by atoms with Crippen LogP contribution in [0.4, 0.5) is 0 Å². The van der Waals surface area contributed by atoms with Gasteiger partial charge in [0.25, 0.3) is 0 Å². The van der Waals surface area contributed by atoms with Crippen molar-refractivity contribution in [3.63, 3.8) is 0 Å². The summed E-state index contributed by atoms with van der Waals surface area (Å²) in [7, 11) is 1.83. The molecule has 0 atom stereocenters. The molecule has 0 N–H and O–H groups in total. The first-order valence-corrected chi connectivity index (χ1v) is 11.0. The molecule has 0 unspecified atom stereocenters. The Bertz CT molecular complexity index is 1960. The van der Waals surface area contributed by atoms with Gasteiger partial charge in [0.1, 0.15) is 0 Å². The predicted octanol–water partition coefficient (Wildman–Crippen LogP) is 6.31. The number of imidazole rings is 1. The zero-order valence-electron chi connectivity index (χ0n) is 18.0. The first-order valence-electron chi connectivity index (χ1n) is 11.0. The van der Waals surface area contributed by atoms with E-state index in [1.807, 2.05) is 31.3 Å². The molecule has 0 aliphatic rings. The second kappa shape index (κ2) is 6.53. The lowest BCUT2D eigenvalue weighted by Gasteiger charge is -2.13. The van der Waals surface area contributed by atoms with Gasteiger partial charge in [-0.3, -0.25) is 4.57 Å². The zero-order chi connectivity index (χ0) is 22.1. The molecule has 0 amide bonds. The SMILES string of the molecule is Cn1c(=O)n2c3ccccc3nc2c2ccc(-c3cc4ccccc4c4ccccc34)cc21. The minimum absolute atomic E-state index is 0.0910. The summed E-state index contributed by atoms with van der Waals surface area (Å²) in [6.45, 7) is 0. The number of fused-ring (bicyclic) bond motifs is 8. The molecule has 0 bridgehead atoms. The minimum atomic E-state index is -0.0910. The third-order valence-electron chi connectivity index (χ3n) is 6.72. The van der Waals surface area contributed by atoms with Gasteiger partial charge < -0.3 is 0 Å². The molecule has 0 saturated heterocycles. The molecule has 0 spiro atoms. The summed E-state index contributed by atoms with van der Waals surface area (Å²) in [5.41, 5.74) is 5.38. The van der Waals surface area contributed by atoms with Crippen molar-refractivity contribution in [1.82, 2.24) is 14.0 Å². The molecule has 0 aliphatic carbocycles. The summed E-state index contributed by atoms with van der Waals surface area (Å²) in [4.78, 5) is 18.1. The average Bonchev–Trinajstić information content (AvgIpc) is 3.26. The Morgan fingerprint density at radius 3 is 2.27 bits per heavy atom. The lowest BCUT2D eigenvalue weighted by Crippen LogP contribution is -2.24. The second-order valence-corrected chi connectivity index (χ2v) is 8.52. The van der Waals surface area contributed by atoms with E-state index < -0.39 is 0 Å². The highest BCUT2D eigenvalue weighted by atomic mass is 16.1. The monoisotopic (exact) mass is 425 g/mol. The number of aromatic nitrogens is 3. The molecule has 7 rings (SSSR count). The summed E-state index contributed by atoms with van der Waals surface area (Å²) in [6, 6.07) is 33.4. The Hall–Kier alpha value is -4.44. The number of hydrogen-bond acceptors (Lipinski definition) is 2. The quantitative estimate of drug-likeness (QED) is 0.289. The molecular weight excluding hydrogens is 406 g/mol. The van der Waals surface area contributed by atoms with Crippen molar-refractivity contribution in [1.29, 1.82) is 0 Å². The van der Waals surface area contributed by atoms with Crippen molar-refractivity contribution in [2.75, 3.05) is 0 Å². The van der Waals surface area contributed by atoms with Gasteiger partial charge in [-0.1, -0.05) is 66.7 Å². The van der Waals surface area contributed by atoms with E-state index in [0.717, 1.165) is 33.1 Å². The standard InChI is InChI=1S/C29H19N3O/c1-31-27-17-19(24-16-18-8-2-3-9-20(18)21-10-4-5-11-22(21)24)14-15-23(27)28-30-25-12-6-7-13-26(25)32(28)29(31)33/h2-17H,1H3. The van der Waals surface area contributed by atoms with Crippen LogP contribution in [-0.2, 0) is 7.05 Å². The third-order valence-corrected chi connectivity index (χ3v) is 6.72. The number of benzene rings is 5. The molecule has 2 aromatic heterocycles. The van der Waals surface area contributed by atoms with Crippen molar-refractivity contribution in [2.24, 2.45) is 7.05 Å². The number of aryl methyl sites for hydroxylation is 1. The van der Waals surface area contributed by atoms with Crippen LogP contribution in [0.1, 0.15) is 0 Å². The van der Waals surface area contributed by atoms with E-state index in [1.54, 1.807) is 8.97 Å². The van der Waals surface area contributed by atoms with Gasteiger partial charge >= 0.3 is 5.69 Å². The van der Waals surface area contributed by atoms with Gasteiger partial charge in [-0.05, 0) is 63.0 Å². The number of para-hydroxylation sites is 2. The highest BCUT2D eigenvalue weighted by molar-refractivity contribution is 6.14. The molecule has 0 fully saturated rings. The summed E-state index contributed by atoms with van der Waals surface area (Å²) in [5.74, 6) is 0. The highest BCUT2D eigenvalue weighted by Crippen LogP contribution is 2.36. The van der Waals surface area contributed by atoms with Crippen molar-refractivity contribution < 1.29 is 0 Å².